The highest BCUT2D eigenvalue weighted by molar-refractivity contribution is 7.80. The SMILES string of the molecule is CC(C)(C)n1ccc([C@@H]2[C@@H](c3ccccn3)NC(=S)N2Cc2ccco2)c1. The van der Waals surface area contributed by atoms with Gasteiger partial charge < -0.3 is 19.2 Å². The van der Waals surface area contributed by atoms with Crippen molar-refractivity contribution in [1.82, 2.24) is 19.8 Å². The molecule has 6 heteroatoms. The quantitative estimate of drug-likeness (QED) is 0.680. The number of thiocarbonyl (C=S) groups is 1. The zero-order chi connectivity index (χ0) is 19.0. The van der Waals surface area contributed by atoms with Gasteiger partial charge in [0, 0.05) is 24.1 Å². The lowest BCUT2D eigenvalue weighted by atomic mass is 9.99. The van der Waals surface area contributed by atoms with E-state index >= 15 is 0 Å². The molecule has 0 amide bonds. The monoisotopic (exact) mass is 380 g/mol. The van der Waals surface area contributed by atoms with E-state index in [1.807, 2.05) is 36.5 Å². The van der Waals surface area contributed by atoms with Crippen molar-refractivity contribution in [3.63, 3.8) is 0 Å². The summed E-state index contributed by atoms with van der Waals surface area (Å²) in [5.41, 5.74) is 2.21. The summed E-state index contributed by atoms with van der Waals surface area (Å²) in [6.07, 6.45) is 7.87. The Balaban J connectivity index is 1.74. The molecule has 0 unspecified atom stereocenters. The van der Waals surface area contributed by atoms with Crippen LogP contribution in [0.3, 0.4) is 0 Å². The molecule has 0 radical (unpaired) electrons. The molecule has 1 fully saturated rings. The maximum absolute atomic E-state index is 5.69. The fourth-order valence-electron chi connectivity index (χ4n) is 3.51. The third-order valence-corrected chi connectivity index (χ3v) is 5.29. The minimum absolute atomic E-state index is 0.00974. The minimum Gasteiger partial charge on any atom is -0.467 e. The Morgan fingerprint density at radius 2 is 2.04 bits per heavy atom. The van der Waals surface area contributed by atoms with Crippen molar-refractivity contribution in [2.24, 2.45) is 0 Å². The van der Waals surface area contributed by atoms with Gasteiger partial charge in [0.05, 0.1) is 30.6 Å². The second-order valence-electron chi connectivity index (χ2n) is 7.86. The van der Waals surface area contributed by atoms with Crippen molar-refractivity contribution in [2.45, 2.75) is 44.9 Å². The number of furan rings is 1. The number of pyridine rings is 1. The van der Waals surface area contributed by atoms with Crippen molar-refractivity contribution >= 4 is 17.3 Å². The van der Waals surface area contributed by atoms with Crippen molar-refractivity contribution in [1.29, 1.82) is 0 Å². The van der Waals surface area contributed by atoms with E-state index in [1.54, 1.807) is 6.26 Å². The molecule has 0 aliphatic carbocycles. The highest BCUT2D eigenvalue weighted by atomic mass is 32.1. The lowest BCUT2D eigenvalue weighted by molar-refractivity contribution is 0.286. The molecule has 27 heavy (non-hydrogen) atoms. The Labute approximate surface area is 165 Å². The maximum atomic E-state index is 5.69. The molecule has 1 saturated heterocycles. The van der Waals surface area contributed by atoms with E-state index in [0.29, 0.717) is 6.54 Å². The Morgan fingerprint density at radius 3 is 2.67 bits per heavy atom. The first kappa shape index (κ1) is 17.8. The van der Waals surface area contributed by atoms with Crippen LogP contribution in [-0.2, 0) is 12.1 Å². The van der Waals surface area contributed by atoms with Crippen molar-refractivity contribution in [2.75, 3.05) is 0 Å². The molecule has 1 N–H and O–H groups in total. The van der Waals surface area contributed by atoms with Crippen LogP contribution in [0.1, 0.15) is 49.9 Å². The van der Waals surface area contributed by atoms with Crippen LogP contribution in [0.4, 0.5) is 0 Å². The van der Waals surface area contributed by atoms with Gasteiger partial charge in [0.2, 0.25) is 0 Å². The van der Waals surface area contributed by atoms with E-state index < -0.39 is 0 Å². The van der Waals surface area contributed by atoms with Gasteiger partial charge in [-0.05, 0) is 68.9 Å². The molecule has 0 aromatic carbocycles. The summed E-state index contributed by atoms with van der Waals surface area (Å²) in [4.78, 5) is 6.77. The van der Waals surface area contributed by atoms with E-state index in [2.05, 4.69) is 59.0 Å². The molecule has 3 aromatic heterocycles. The minimum atomic E-state index is -0.00974. The molecule has 140 valence electrons. The lowest BCUT2D eigenvalue weighted by Crippen LogP contribution is -2.29. The third-order valence-electron chi connectivity index (χ3n) is 4.94. The Hall–Kier alpha value is -2.60. The maximum Gasteiger partial charge on any atom is 0.170 e. The van der Waals surface area contributed by atoms with E-state index in [0.717, 1.165) is 16.6 Å². The van der Waals surface area contributed by atoms with Gasteiger partial charge in [-0.2, -0.15) is 0 Å². The fourth-order valence-corrected chi connectivity index (χ4v) is 3.82. The standard InChI is InChI=1S/C21H24N4OS/c1-21(2,3)24-11-9-15(13-24)19-18(17-8-4-5-10-22-17)23-20(27)25(19)14-16-7-6-12-26-16/h4-13,18-19H,14H2,1-3H3,(H,23,27)/t18-,19-/m1/s1. The Bertz CT molecular complexity index is 911. The highest BCUT2D eigenvalue weighted by Gasteiger charge is 2.40. The van der Waals surface area contributed by atoms with Crippen LogP contribution in [0.2, 0.25) is 0 Å². The normalized spacial score (nSPS) is 20.1. The van der Waals surface area contributed by atoms with Crippen LogP contribution in [-0.4, -0.2) is 19.6 Å². The van der Waals surface area contributed by atoms with E-state index in [4.69, 9.17) is 16.6 Å². The number of nitrogens with one attached hydrogen (secondary N) is 1. The molecule has 1 aliphatic rings. The number of rotatable bonds is 4. The predicted octanol–water partition coefficient (Wildman–Crippen LogP) is 4.40. The summed E-state index contributed by atoms with van der Waals surface area (Å²) in [5, 5.41) is 4.19. The van der Waals surface area contributed by atoms with E-state index in [9.17, 15) is 0 Å². The third kappa shape index (κ3) is 3.49. The number of hydrogen-bond donors (Lipinski definition) is 1. The zero-order valence-electron chi connectivity index (χ0n) is 15.8. The molecule has 0 saturated carbocycles. The summed E-state index contributed by atoms with van der Waals surface area (Å²) in [6, 6.07) is 12.1. The van der Waals surface area contributed by atoms with E-state index in [-0.39, 0.29) is 17.6 Å². The molecule has 3 aromatic rings. The van der Waals surface area contributed by atoms with Crippen LogP contribution in [0, 0.1) is 0 Å². The van der Waals surface area contributed by atoms with Crippen molar-refractivity contribution in [3.8, 4) is 0 Å². The average Bonchev–Trinajstić information content (AvgIpc) is 3.37. The van der Waals surface area contributed by atoms with Crippen molar-refractivity contribution in [3.05, 3.63) is 78.3 Å². The molecule has 0 spiro atoms. The molecular weight excluding hydrogens is 356 g/mol. The van der Waals surface area contributed by atoms with Crippen LogP contribution in [0.5, 0.6) is 0 Å². The van der Waals surface area contributed by atoms with Gasteiger partial charge >= 0.3 is 0 Å². The first-order valence-electron chi connectivity index (χ1n) is 9.12. The second kappa shape index (κ2) is 6.85. The van der Waals surface area contributed by atoms with E-state index in [1.165, 1.54) is 5.56 Å². The first-order chi connectivity index (χ1) is 12.9. The number of hydrogen-bond acceptors (Lipinski definition) is 3. The van der Waals surface area contributed by atoms with Crippen LogP contribution in [0.25, 0.3) is 0 Å². The van der Waals surface area contributed by atoms with Crippen LogP contribution < -0.4 is 5.32 Å². The molecule has 2 atom stereocenters. The first-order valence-corrected chi connectivity index (χ1v) is 9.53. The number of nitrogens with zero attached hydrogens (tertiary/aromatic N) is 3. The molecule has 0 bridgehead atoms. The Kier molecular flexibility index (Phi) is 4.52. The molecule has 4 rings (SSSR count). The fraction of sp³-hybridized carbons (Fsp3) is 0.333. The smallest absolute Gasteiger partial charge is 0.170 e. The summed E-state index contributed by atoms with van der Waals surface area (Å²) < 4.78 is 7.82. The summed E-state index contributed by atoms with van der Waals surface area (Å²) in [6.45, 7) is 7.22. The molecule has 4 heterocycles. The number of aromatic nitrogens is 2. The summed E-state index contributed by atoms with van der Waals surface area (Å²) >= 11 is 5.69. The summed E-state index contributed by atoms with van der Waals surface area (Å²) in [7, 11) is 0. The lowest BCUT2D eigenvalue weighted by Gasteiger charge is -2.27. The van der Waals surface area contributed by atoms with Crippen LogP contribution >= 0.6 is 12.2 Å². The molecule has 5 nitrogen and oxygen atoms in total. The van der Waals surface area contributed by atoms with Crippen LogP contribution in [0.15, 0.2) is 65.7 Å². The predicted molar refractivity (Wildman–Crippen MR) is 109 cm³/mol. The van der Waals surface area contributed by atoms with Gasteiger partial charge in [0.15, 0.2) is 5.11 Å². The Morgan fingerprint density at radius 1 is 1.19 bits per heavy atom. The highest BCUT2D eigenvalue weighted by Crippen LogP contribution is 2.40. The average molecular weight is 381 g/mol. The van der Waals surface area contributed by atoms with Gasteiger partial charge in [0.1, 0.15) is 5.76 Å². The summed E-state index contributed by atoms with van der Waals surface area (Å²) in [5.74, 6) is 0.890. The van der Waals surface area contributed by atoms with Gasteiger partial charge in [-0.15, -0.1) is 0 Å². The zero-order valence-corrected chi connectivity index (χ0v) is 16.6. The molecular formula is C21H24N4OS. The second-order valence-corrected chi connectivity index (χ2v) is 8.24. The van der Waals surface area contributed by atoms with Gasteiger partial charge in [-0.25, -0.2) is 0 Å². The van der Waals surface area contributed by atoms with Crippen molar-refractivity contribution < 1.29 is 4.42 Å². The van der Waals surface area contributed by atoms with Gasteiger partial charge in [-0.3, -0.25) is 4.98 Å². The topological polar surface area (TPSA) is 46.2 Å². The van der Waals surface area contributed by atoms with Gasteiger partial charge in [-0.1, -0.05) is 6.07 Å². The molecule has 1 aliphatic heterocycles. The van der Waals surface area contributed by atoms with Gasteiger partial charge in [0.25, 0.3) is 0 Å². The largest absolute Gasteiger partial charge is 0.467 e.